The first-order valence-electron chi connectivity index (χ1n) is 7.02. The third-order valence-corrected chi connectivity index (χ3v) is 4.95. The van der Waals surface area contributed by atoms with Crippen molar-refractivity contribution in [3.05, 3.63) is 54.0 Å². The maximum atomic E-state index is 12.6. The fourth-order valence-corrected chi connectivity index (χ4v) is 3.62. The van der Waals surface area contributed by atoms with E-state index in [2.05, 4.69) is 14.9 Å². The molecule has 7 nitrogen and oxygen atoms in total. The highest BCUT2D eigenvalue weighted by molar-refractivity contribution is 7.92. The molecule has 8 heteroatoms. The molecule has 0 unspecified atom stereocenters. The van der Waals surface area contributed by atoms with Crippen LogP contribution in [0.4, 0.5) is 5.82 Å². The van der Waals surface area contributed by atoms with Crippen molar-refractivity contribution in [2.45, 2.75) is 18.7 Å². The van der Waals surface area contributed by atoms with Crippen LogP contribution >= 0.6 is 0 Å². The van der Waals surface area contributed by atoms with Gasteiger partial charge in [0.2, 0.25) is 0 Å². The molecular formula is C15H17N5O2S. The second kappa shape index (κ2) is 5.54. The van der Waals surface area contributed by atoms with Crippen LogP contribution in [-0.4, -0.2) is 28.0 Å². The molecule has 3 aromatic rings. The molecule has 0 radical (unpaired) electrons. The van der Waals surface area contributed by atoms with Crippen LogP contribution in [-0.2, 0) is 17.1 Å². The summed E-state index contributed by atoms with van der Waals surface area (Å²) in [6, 6.07) is 11.1. The molecule has 2 aromatic heterocycles. The van der Waals surface area contributed by atoms with E-state index in [0.29, 0.717) is 11.5 Å². The van der Waals surface area contributed by atoms with Crippen LogP contribution in [0, 0.1) is 13.8 Å². The number of para-hydroxylation sites is 1. The van der Waals surface area contributed by atoms with Crippen LogP contribution in [0.2, 0.25) is 0 Å². The topological polar surface area (TPSA) is 81.8 Å². The van der Waals surface area contributed by atoms with E-state index in [1.807, 2.05) is 30.3 Å². The number of hydrogen-bond acceptors (Lipinski definition) is 4. The van der Waals surface area contributed by atoms with Gasteiger partial charge < -0.3 is 0 Å². The molecule has 1 aromatic carbocycles. The molecule has 0 aliphatic carbocycles. The molecule has 0 fully saturated rings. The number of nitrogens with zero attached hydrogens (tertiary/aromatic N) is 4. The Kier molecular flexibility index (Phi) is 3.69. The maximum absolute atomic E-state index is 12.6. The van der Waals surface area contributed by atoms with Crippen molar-refractivity contribution in [2.75, 3.05) is 4.72 Å². The summed E-state index contributed by atoms with van der Waals surface area (Å²) in [4.78, 5) is 0.139. The fraction of sp³-hybridized carbons (Fsp3) is 0.200. The van der Waals surface area contributed by atoms with Crippen LogP contribution < -0.4 is 4.72 Å². The molecule has 1 N–H and O–H groups in total. The van der Waals surface area contributed by atoms with Crippen LogP contribution in [0.5, 0.6) is 0 Å². The van der Waals surface area contributed by atoms with Gasteiger partial charge >= 0.3 is 0 Å². The molecule has 0 aliphatic heterocycles. The standard InChI is InChI=1S/C15H17N5O2S/c1-11-9-15(19(3)17-11)18-23(21,22)14-10-16-20(12(14)2)13-7-5-4-6-8-13/h4-10,18H,1-3H3. The number of nitrogens with one attached hydrogen (secondary N) is 1. The Morgan fingerprint density at radius 1 is 1.13 bits per heavy atom. The molecule has 120 valence electrons. The number of anilines is 1. The van der Waals surface area contributed by atoms with E-state index in [9.17, 15) is 8.42 Å². The van der Waals surface area contributed by atoms with Crippen LogP contribution in [0.3, 0.4) is 0 Å². The molecule has 0 atom stereocenters. The van der Waals surface area contributed by atoms with E-state index in [0.717, 1.165) is 11.4 Å². The summed E-state index contributed by atoms with van der Waals surface area (Å²) in [5.74, 6) is 0.411. The number of aromatic nitrogens is 4. The minimum Gasteiger partial charge on any atom is -0.263 e. The maximum Gasteiger partial charge on any atom is 0.266 e. The van der Waals surface area contributed by atoms with E-state index in [-0.39, 0.29) is 4.90 Å². The lowest BCUT2D eigenvalue weighted by molar-refractivity contribution is 0.599. The lowest BCUT2D eigenvalue weighted by atomic mass is 10.3. The van der Waals surface area contributed by atoms with Gasteiger partial charge in [0.1, 0.15) is 10.7 Å². The van der Waals surface area contributed by atoms with Crippen LogP contribution in [0.25, 0.3) is 5.69 Å². The average Bonchev–Trinajstić information content (AvgIpc) is 3.03. The summed E-state index contributed by atoms with van der Waals surface area (Å²) in [7, 11) is -2.05. The fourth-order valence-electron chi connectivity index (χ4n) is 2.39. The van der Waals surface area contributed by atoms with Crippen molar-refractivity contribution < 1.29 is 8.42 Å². The first-order valence-corrected chi connectivity index (χ1v) is 8.50. The van der Waals surface area contributed by atoms with Gasteiger partial charge in [-0.1, -0.05) is 18.2 Å². The summed E-state index contributed by atoms with van der Waals surface area (Å²) >= 11 is 0. The van der Waals surface area contributed by atoms with Crippen molar-refractivity contribution in [3.8, 4) is 5.69 Å². The third kappa shape index (κ3) is 2.85. The van der Waals surface area contributed by atoms with E-state index < -0.39 is 10.0 Å². The van der Waals surface area contributed by atoms with Gasteiger partial charge in [0, 0.05) is 13.1 Å². The van der Waals surface area contributed by atoms with Gasteiger partial charge in [-0.25, -0.2) is 13.1 Å². The Morgan fingerprint density at radius 2 is 1.83 bits per heavy atom. The summed E-state index contributed by atoms with van der Waals surface area (Å²) in [5, 5.41) is 8.33. The Labute approximate surface area is 134 Å². The number of aryl methyl sites for hydroxylation is 2. The summed E-state index contributed by atoms with van der Waals surface area (Å²) in [5.41, 5.74) is 2.09. The van der Waals surface area contributed by atoms with Crippen molar-refractivity contribution in [3.63, 3.8) is 0 Å². The third-order valence-electron chi connectivity index (χ3n) is 3.50. The van der Waals surface area contributed by atoms with Gasteiger partial charge in [0.25, 0.3) is 10.0 Å². The number of sulfonamides is 1. The van der Waals surface area contributed by atoms with Gasteiger partial charge in [-0.2, -0.15) is 10.2 Å². The first-order chi connectivity index (χ1) is 10.9. The van der Waals surface area contributed by atoms with Crippen molar-refractivity contribution in [2.24, 2.45) is 7.05 Å². The Morgan fingerprint density at radius 3 is 2.43 bits per heavy atom. The van der Waals surface area contributed by atoms with E-state index >= 15 is 0 Å². The first kappa shape index (κ1) is 15.3. The molecule has 0 amide bonds. The lowest BCUT2D eigenvalue weighted by Gasteiger charge is -2.08. The lowest BCUT2D eigenvalue weighted by Crippen LogP contribution is -2.16. The van der Waals surface area contributed by atoms with Crippen LogP contribution in [0.1, 0.15) is 11.4 Å². The highest BCUT2D eigenvalue weighted by Gasteiger charge is 2.22. The highest BCUT2D eigenvalue weighted by Crippen LogP contribution is 2.21. The molecular weight excluding hydrogens is 314 g/mol. The normalized spacial score (nSPS) is 11.6. The Hall–Kier alpha value is -2.61. The van der Waals surface area contributed by atoms with Crippen molar-refractivity contribution in [1.29, 1.82) is 0 Å². The largest absolute Gasteiger partial charge is 0.266 e. The smallest absolute Gasteiger partial charge is 0.263 e. The van der Waals surface area contributed by atoms with Crippen molar-refractivity contribution in [1.82, 2.24) is 19.6 Å². The van der Waals surface area contributed by atoms with Gasteiger partial charge in [-0.3, -0.25) is 9.40 Å². The number of rotatable bonds is 4. The molecule has 23 heavy (non-hydrogen) atoms. The van der Waals surface area contributed by atoms with Crippen molar-refractivity contribution >= 4 is 15.8 Å². The minimum absolute atomic E-state index is 0.139. The second-order valence-corrected chi connectivity index (χ2v) is 6.89. The van der Waals surface area contributed by atoms with Gasteiger partial charge in [0.05, 0.1) is 23.3 Å². The predicted octanol–water partition coefficient (Wildman–Crippen LogP) is 2.02. The number of hydrogen-bond donors (Lipinski definition) is 1. The molecule has 0 saturated carbocycles. The molecule has 0 saturated heterocycles. The Bertz CT molecular complexity index is 942. The van der Waals surface area contributed by atoms with Crippen LogP contribution in [0.15, 0.2) is 47.5 Å². The zero-order valence-electron chi connectivity index (χ0n) is 13.1. The predicted molar refractivity (Wildman–Crippen MR) is 87.1 cm³/mol. The zero-order chi connectivity index (χ0) is 16.6. The summed E-state index contributed by atoms with van der Waals surface area (Å²) in [6.07, 6.45) is 1.36. The van der Waals surface area contributed by atoms with E-state index in [1.54, 1.807) is 31.6 Å². The second-order valence-electron chi connectivity index (χ2n) is 5.24. The van der Waals surface area contributed by atoms with Gasteiger partial charge in [-0.05, 0) is 26.0 Å². The van der Waals surface area contributed by atoms with E-state index in [4.69, 9.17) is 0 Å². The molecule has 2 heterocycles. The van der Waals surface area contributed by atoms with Gasteiger partial charge in [0.15, 0.2) is 0 Å². The van der Waals surface area contributed by atoms with Gasteiger partial charge in [-0.15, -0.1) is 0 Å². The summed E-state index contributed by atoms with van der Waals surface area (Å²) < 4.78 is 30.9. The molecule has 0 spiro atoms. The van der Waals surface area contributed by atoms with E-state index in [1.165, 1.54) is 10.9 Å². The summed E-state index contributed by atoms with van der Waals surface area (Å²) in [6.45, 7) is 3.53. The highest BCUT2D eigenvalue weighted by atomic mass is 32.2. The SMILES string of the molecule is Cc1cc(NS(=O)(=O)c2cnn(-c3ccccc3)c2C)n(C)n1. The zero-order valence-corrected chi connectivity index (χ0v) is 13.9. The monoisotopic (exact) mass is 331 g/mol. The quantitative estimate of drug-likeness (QED) is 0.793. The molecule has 0 aliphatic rings. The minimum atomic E-state index is -3.73. The molecule has 0 bridgehead atoms. The number of benzene rings is 1. The molecule has 3 rings (SSSR count). The average molecular weight is 331 g/mol. The Balaban J connectivity index is 1.98.